The summed E-state index contributed by atoms with van der Waals surface area (Å²) in [5.41, 5.74) is -1.35. The van der Waals surface area contributed by atoms with E-state index in [1.54, 1.807) is 6.92 Å². The second-order valence-electron chi connectivity index (χ2n) is 4.88. The van der Waals surface area contributed by atoms with Crippen LogP contribution in [0, 0.1) is 23.3 Å². The average molecular weight is 334 g/mol. The highest BCUT2D eigenvalue weighted by atomic mass is 19.3. The molecule has 0 spiro atoms. The van der Waals surface area contributed by atoms with Crippen LogP contribution in [-0.4, -0.2) is 0 Å². The molecule has 0 heterocycles. The largest absolute Gasteiger partial charge is 0.432 e. The van der Waals surface area contributed by atoms with Gasteiger partial charge in [-0.25, -0.2) is 17.6 Å². The lowest BCUT2D eigenvalue weighted by Gasteiger charge is -2.20. The molecular formula is C16H12F6O. The van der Waals surface area contributed by atoms with Crippen molar-refractivity contribution in [2.75, 3.05) is 0 Å². The van der Waals surface area contributed by atoms with Crippen LogP contribution in [0.3, 0.4) is 0 Å². The van der Waals surface area contributed by atoms with Gasteiger partial charge in [0.05, 0.1) is 0 Å². The fourth-order valence-corrected chi connectivity index (χ4v) is 2.08. The van der Waals surface area contributed by atoms with Gasteiger partial charge in [-0.1, -0.05) is 13.3 Å². The number of ether oxygens (including phenoxy) is 1. The van der Waals surface area contributed by atoms with Gasteiger partial charge in [0.25, 0.3) is 0 Å². The minimum atomic E-state index is -4.39. The van der Waals surface area contributed by atoms with E-state index in [4.69, 9.17) is 0 Å². The fraction of sp³-hybridized carbons (Fsp3) is 0.250. The van der Waals surface area contributed by atoms with E-state index in [0.29, 0.717) is 25.0 Å². The van der Waals surface area contributed by atoms with Gasteiger partial charge in [0, 0.05) is 6.07 Å². The Balaban J connectivity index is 2.36. The lowest BCUT2D eigenvalue weighted by atomic mass is 10.1. The molecule has 0 atom stereocenters. The monoisotopic (exact) mass is 334 g/mol. The van der Waals surface area contributed by atoms with Gasteiger partial charge < -0.3 is 4.74 Å². The first kappa shape index (κ1) is 17.2. The van der Waals surface area contributed by atoms with Gasteiger partial charge in [0.1, 0.15) is 22.9 Å². The van der Waals surface area contributed by atoms with Crippen LogP contribution in [0.5, 0.6) is 5.75 Å². The van der Waals surface area contributed by atoms with Crippen molar-refractivity contribution >= 4 is 0 Å². The van der Waals surface area contributed by atoms with Crippen molar-refractivity contribution in [3.05, 3.63) is 64.7 Å². The van der Waals surface area contributed by atoms with E-state index in [0.717, 1.165) is 18.2 Å². The summed E-state index contributed by atoms with van der Waals surface area (Å²) in [6.07, 6.45) is -3.48. The SMILES string of the molecule is CCCc1cc(F)c(C(F)(F)Oc2ccc(F)c(F)c2)c(F)c1. The molecule has 2 aromatic rings. The zero-order chi connectivity index (χ0) is 17.2. The van der Waals surface area contributed by atoms with Crippen molar-refractivity contribution < 1.29 is 31.1 Å². The number of rotatable bonds is 5. The van der Waals surface area contributed by atoms with E-state index in [-0.39, 0.29) is 5.56 Å². The molecule has 0 N–H and O–H groups in total. The highest BCUT2D eigenvalue weighted by Crippen LogP contribution is 2.35. The van der Waals surface area contributed by atoms with Gasteiger partial charge in [-0.05, 0) is 36.2 Å². The Hall–Kier alpha value is -2.18. The van der Waals surface area contributed by atoms with Gasteiger partial charge in [0.15, 0.2) is 11.6 Å². The number of alkyl halides is 2. The van der Waals surface area contributed by atoms with Crippen LogP contribution in [0.1, 0.15) is 24.5 Å². The van der Waals surface area contributed by atoms with E-state index in [2.05, 4.69) is 4.74 Å². The maximum Gasteiger partial charge on any atom is 0.432 e. The Labute approximate surface area is 128 Å². The van der Waals surface area contributed by atoms with E-state index in [9.17, 15) is 26.3 Å². The highest BCUT2D eigenvalue weighted by molar-refractivity contribution is 5.31. The van der Waals surface area contributed by atoms with Crippen LogP contribution in [0.2, 0.25) is 0 Å². The molecule has 0 unspecified atom stereocenters. The fourth-order valence-electron chi connectivity index (χ4n) is 2.08. The standard InChI is InChI=1S/C16H12F6O/c1-2-3-9-6-13(19)15(14(20)7-9)16(21,22)23-10-4-5-11(17)12(18)8-10/h4-8H,2-3H2,1H3. The summed E-state index contributed by atoms with van der Waals surface area (Å²) in [6.45, 7) is 1.77. The molecule has 7 heteroatoms. The molecule has 0 aromatic heterocycles. The number of benzene rings is 2. The molecule has 2 rings (SSSR count). The summed E-state index contributed by atoms with van der Waals surface area (Å²) in [6, 6.07) is 3.25. The van der Waals surface area contributed by atoms with E-state index in [1.165, 1.54) is 0 Å². The van der Waals surface area contributed by atoms with Gasteiger partial charge in [-0.15, -0.1) is 0 Å². The van der Waals surface area contributed by atoms with E-state index in [1.807, 2.05) is 0 Å². The number of halogens is 6. The second kappa shape index (κ2) is 6.52. The predicted molar refractivity (Wildman–Crippen MR) is 71.2 cm³/mol. The molecule has 0 amide bonds. The summed E-state index contributed by atoms with van der Waals surface area (Å²) in [7, 11) is 0. The number of hydrogen-bond acceptors (Lipinski definition) is 1. The van der Waals surface area contributed by atoms with Crippen molar-refractivity contribution in [1.82, 2.24) is 0 Å². The summed E-state index contributed by atoms with van der Waals surface area (Å²) in [4.78, 5) is 0. The van der Waals surface area contributed by atoms with E-state index < -0.39 is 40.7 Å². The zero-order valence-electron chi connectivity index (χ0n) is 12.0. The molecular weight excluding hydrogens is 322 g/mol. The Morgan fingerprint density at radius 2 is 1.48 bits per heavy atom. The first-order valence-corrected chi connectivity index (χ1v) is 6.75. The maximum atomic E-state index is 14.0. The number of hydrogen-bond donors (Lipinski definition) is 0. The van der Waals surface area contributed by atoms with Crippen molar-refractivity contribution in [3.63, 3.8) is 0 Å². The van der Waals surface area contributed by atoms with Crippen LogP contribution < -0.4 is 4.74 Å². The Morgan fingerprint density at radius 1 is 0.870 bits per heavy atom. The van der Waals surface area contributed by atoms with Gasteiger partial charge in [-0.3, -0.25) is 0 Å². The van der Waals surface area contributed by atoms with Crippen molar-refractivity contribution in [3.8, 4) is 5.75 Å². The molecule has 124 valence electrons. The molecule has 0 aliphatic heterocycles. The lowest BCUT2D eigenvalue weighted by molar-refractivity contribution is -0.189. The first-order valence-electron chi connectivity index (χ1n) is 6.75. The Bertz CT molecular complexity index is 691. The third-order valence-electron chi connectivity index (χ3n) is 3.07. The van der Waals surface area contributed by atoms with Crippen LogP contribution in [0.4, 0.5) is 26.3 Å². The Morgan fingerprint density at radius 3 is 2.00 bits per heavy atom. The highest BCUT2D eigenvalue weighted by Gasteiger charge is 2.41. The topological polar surface area (TPSA) is 9.23 Å². The third kappa shape index (κ3) is 3.78. The lowest BCUT2D eigenvalue weighted by Crippen LogP contribution is -2.25. The molecule has 0 saturated carbocycles. The molecule has 0 bridgehead atoms. The van der Waals surface area contributed by atoms with Crippen LogP contribution in [-0.2, 0) is 12.5 Å². The molecule has 2 aromatic carbocycles. The average Bonchev–Trinajstić information content (AvgIpc) is 2.41. The Kier molecular flexibility index (Phi) is 4.87. The minimum absolute atomic E-state index is 0.231. The normalized spacial score (nSPS) is 11.6. The third-order valence-corrected chi connectivity index (χ3v) is 3.07. The zero-order valence-corrected chi connectivity index (χ0v) is 12.0. The maximum absolute atomic E-state index is 14.0. The van der Waals surface area contributed by atoms with Gasteiger partial charge in [-0.2, -0.15) is 8.78 Å². The predicted octanol–water partition coefficient (Wildman–Crippen LogP) is 5.32. The van der Waals surface area contributed by atoms with Crippen LogP contribution in [0.15, 0.2) is 30.3 Å². The molecule has 0 fully saturated rings. The number of aryl methyl sites for hydroxylation is 1. The molecule has 0 aliphatic rings. The smallest absolute Gasteiger partial charge is 0.429 e. The molecule has 0 radical (unpaired) electrons. The summed E-state index contributed by atoms with van der Waals surface area (Å²) in [5, 5.41) is 0. The van der Waals surface area contributed by atoms with E-state index >= 15 is 0 Å². The minimum Gasteiger partial charge on any atom is -0.429 e. The van der Waals surface area contributed by atoms with Crippen LogP contribution >= 0.6 is 0 Å². The van der Waals surface area contributed by atoms with Crippen LogP contribution in [0.25, 0.3) is 0 Å². The second-order valence-corrected chi connectivity index (χ2v) is 4.88. The summed E-state index contributed by atoms with van der Waals surface area (Å²) in [5.74, 6) is -6.38. The molecule has 23 heavy (non-hydrogen) atoms. The van der Waals surface area contributed by atoms with Crippen molar-refractivity contribution in [2.45, 2.75) is 25.9 Å². The van der Waals surface area contributed by atoms with Crippen molar-refractivity contribution in [1.29, 1.82) is 0 Å². The van der Waals surface area contributed by atoms with Gasteiger partial charge in [0.2, 0.25) is 0 Å². The molecule has 1 nitrogen and oxygen atoms in total. The molecule has 0 aliphatic carbocycles. The summed E-state index contributed by atoms with van der Waals surface area (Å²) >= 11 is 0. The summed E-state index contributed by atoms with van der Waals surface area (Å²) < 4.78 is 85.6. The van der Waals surface area contributed by atoms with Crippen molar-refractivity contribution in [2.24, 2.45) is 0 Å². The van der Waals surface area contributed by atoms with Gasteiger partial charge >= 0.3 is 6.11 Å². The quantitative estimate of drug-likeness (QED) is 0.672. The first-order chi connectivity index (χ1) is 10.7. The molecule has 0 saturated heterocycles.